The maximum absolute atomic E-state index is 13.0. The maximum Gasteiger partial charge on any atom is 0.231 e. The van der Waals surface area contributed by atoms with Gasteiger partial charge in [0, 0.05) is 34.9 Å². The van der Waals surface area contributed by atoms with E-state index in [1.807, 2.05) is 55.5 Å². The second kappa shape index (κ2) is 7.70. The number of fused-ring (bicyclic) bond motifs is 2. The Kier molecular flexibility index (Phi) is 4.89. The third-order valence-electron chi connectivity index (χ3n) is 5.26. The first-order valence-electron chi connectivity index (χ1n) is 9.70. The molecule has 0 amide bonds. The van der Waals surface area contributed by atoms with E-state index in [0.717, 1.165) is 32.6 Å². The first-order chi connectivity index (χ1) is 14.6. The van der Waals surface area contributed by atoms with Crippen LogP contribution in [0.3, 0.4) is 0 Å². The van der Waals surface area contributed by atoms with Crippen LogP contribution in [-0.2, 0) is 13.1 Å². The zero-order chi connectivity index (χ0) is 20.7. The van der Waals surface area contributed by atoms with Gasteiger partial charge >= 0.3 is 0 Å². The monoisotopic (exact) mass is 462 g/mol. The molecule has 0 radical (unpaired) electrons. The van der Waals surface area contributed by atoms with Crippen LogP contribution < -0.4 is 9.47 Å². The molecule has 0 saturated carbocycles. The maximum atomic E-state index is 13.0. The van der Waals surface area contributed by atoms with Gasteiger partial charge in [-0.1, -0.05) is 34.1 Å². The van der Waals surface area contributed by atoms with E-state index in [2.05, 4.69) is 25.8 Å². The third-order valence-corrected chi connectivity index (χ3v) is 5.75. The molecule has 5 nitrogen and oxygen atoms in total. The molecule has 2 aliphatic rings. The molecule has 0 bridgehead atoms. The summed E-state index contributed by atoms with van der Waals surface area (Å²) in [4.78, 5) is 19.6. The highest BCUT2D eigenvalue weighted by Gasteiger charge is 2.33. The largest absolute Gasteiger partial charge is 0.477 e. The Morgan fingerprint density at radius 2 is 2.07 bits per heavy atom. The lowest BCUT2D eigenvalue weighted by Crippen LogP contribution is -2.32. The van der Waals surface area contributed by atoms with Gasteiger partial charge in [-0.05, 0) is 48.9 Å². The lowest BCUT2D eigenvalue weighted by atomic mass is 10.00. The van der Waals surface area contributed by atoms with Crippen LogP contribution in [0.25, 0.3) is 6.08 Å². The molecule has 0 N–H and O–H groups in total. The molecule has 2 aromatic carbocycles. The fourth-order valence-electron chi connectivity index (χ4n) is 3.87. The van der Waals surface area contributed by atoms with E-state index in [0.29, 0.717) is 36.9 Å². The van der Waals surface area contributed by atoms with Crippen molar-refractivity contribution in [1.29, 1.82) is 0 Å². The van der Waals surface area contributed by atoms with Crippen molar-refractivity contribution in [2.24, 2.45) is 0 Å². The van der Waals surface area contributed by atoms with E-state index in [1.165, 1.54) is 0 Å². The number of hydrogen-bond acceptors (Lipinski definition) is 5. The second-order valence-corrected chi connectivity index (χ2v) is 8.36. The molecule has 0 saturated heterocycles. The van der Waals surface area contributed by atoms with Gasteiger partial charge < -0.3 is 9.47 Å². The Balaban J connectivity index is 1.44. The van der Waals surface area contributed by atoms with Gasteiger partial charge in [0.2, 0.25) is 5.78 Å². The molecule has 0 spiro atoms. The predicted molar refractivity (Wildman–Crippen MR) is 117 cm³/mol. The summed E-state index contributed by atoms with van der Waals surface area (Å²) in [5.74, 6) is 1.64. The van der Waals surface area contributed by atoms with Crippen molar-refractivity contribution in [3.63, 3.8) is 0 Å². The SMILES string of the molecule is Cc1c2c(cc3c1O/C(=C\c1cccc(Br)c1)C3=O)CN(Cc1ccccn1)CO2. The Bertz CT molecular complexity index is 1170. The Labute approximate surface area is 183 Å². The molecule has 0 fully saturated rings. The molecule has 6 heteroatoms. The van der Waals surface area contributed by atoms with Crippen molar-refractivity contribution in [3.8, 4) is 11.5 Å². The normalized spacial score (nSPS) is 16.7. The molecule has 1 aromatic heterocycles. The average molecular weight is 463 g/mol. The van der Waals surface area contributed by atoms with Crippen LogP contribution in [0.2, 0.25) is 0 Å². The van der Waals surface area contributed by atoms with Crippen molar-refractivity contribution in [2.75, 3.05) is 6.73 Å². The van der Waals surface area contributed by atoms with Crippen LogP contribution in [0.4, 0.5) is 0 Å². The number of Topliss-reactive ketones (excluding diaryl/α,β-unsaturated/α-hetero) is 1. The lowest BCUT2D eigenvalue weighted by molar-refractivity contribution is 0.0865. The number of carbonyl (C=O) groups is 1. The molecule has 30 heavy (non-hydrogen) atoms. The van der Waals surface area contributed by atoms with Gasteiger partial charge in [-0.2, -0.15) is 0 Å². The number of pyridine rings is 1. The number of benzene rings is 2. The summed E-state index contributed by atoms with van der Waals surface area (Å²) in [5, 5.41) is 0. The number of hydrogen-bond donors (Lipinski definition) is 0. The quantitative estimate of drug-likeness (QED) is 0.505. The minimum atomic E-state index is -0.0993. The summed E-state index contributed by atoms with van der Waals surface area (Å²) in [6.07, 6.45) is 3.57. The first-order valence-corrected chi connectivity index (χ1v) is 10.5. The fourth-order valence-corrected chi connectivity index (χ4v) is 4.28. The lowest BCUT2D eigenvalue weighted by Gasteiger charge is -2.30. The fraction of sp³-hybridized carbons (Fsp3) is 0.167. The van der Waals surface area contributed by atoms with Crippen molar-refractivity contribution < 1.29 is 14.3 Å². The van der Waals surface area contributed by atoms with Crippen molar-refractivity contribution in [3.05, 3.63) is 92.9 Å². The van der Waals surface area contributed by atoms with Gasteiger partial charge in [-0.3, -0.25) is 14.7 Å². The smallest absolute Gasteiger partial charge is 0.231 e. The van der Waals surface area contributed by atoms with E-state index in [4.69, 9.17) is 9.47 Å². The summed E-state index contributed by atoms with van der Waals surface area (Å²) in [6, 6.07) is 15.6. The van der Waals surface area contributed by atoms with Crippen LogP contribution in [0.15, 0.2) is 65.0 Å². The van der Waals surface area contributed by atoms with Gasteiger partial charge in [0.15, 0.2) is 5.76 Å². The number of carbonyl (C=O) groups excluding carboxylic acids is 1. The summed E-state index contributed by atoms with van der Waals surface area (Å²) in [5.41, 5.74) is 4.35. The number of aromatic nitrogens is 1. The zero-order valence-electron chi connectivity index (χ0n) is 16.4. The van der Waals surface area contributed by atoms with Crippen LogP contribution in [-0.4, -0.2) is 22.4 Å². The molecule has 3 aromatic rings. The minimum absolute atomic E-state index is 0.0993. The molecular formula is C24H19BrN2O3. The highest BCUT2D eigenvalue weighted by molar-refractivity contribution is 9.10. The number of ether oxygens (including phenoxy) is 2. The average Bonchev–Trinajstić information content (AvgIpc) is 3.05. The van der Waals surface area contributed by atoms with Crippen LogP contribution in [0.1, 0.15) is 32.7 Å². The van der Waals surface area contributed by atoms with Crippen LogP contribution >= 0.6 is 15.9 Å². The van der Waals surface area contributed by atoms with Gasteiger partial charge in [0.05, 0.1) is 11.3 Å². The first kappa shape index (κ1) is 19.0. The van der Waals surface area contributed by atoms with E-state index in [1.54, 1.807) is 12.3 Å². The van der Waals surface area contributed by atoms with Crippen molar-refractivity contribution >= 4 is 27.8 Å². The Morgan fingerprint density at radius 1 is 1.17 bits per heavy atom. The Morgan fingerprint density at radius 3 is 2.87 bits per heavy atom. The second-order valence-electron chi connectivity index (χ2n) is 7.44. The number of rotatable bonds is 3. The summed E-state index contributed by atoms with van der Waals surface area (Å²) in [7, 11) is 0. The van der Waals surface area contributed by atoms with Gasteiger partial charge in [-0.25, -0.2) is 0 Å². The number of ketones is 1. The molecule has 0 unspecified atom stereocenters. The van der Waals surface area contributed by atoms with Gasteiger partial charge in [-0.15, -0.1) is 0 Å². The van der Waals surface area contributed by atoms with E-state index in [-0.39, 0.29) is 5.78 Å². The molecule has 2 aliphatic heterocycles. The van der Waals surface area contributed by atoms with Crippen molar-refractivity contribution in [2.45, 2.75) is 20.0 Å². The minimum Gasteiger partial charge on any atom is -0.477 e. The molecule has 3 heterocycles. The van der Waals surface area contributed by atoms with Crippen LogP contribution in [0, 0.1) is 6.92 Å². The molecular weight excluding hydrogens is 444 g/mol. The zero-order valence-corrected chi connectivity index (χ0v) is 18.0. The Hall–Kier alpha value is -2.96. The van der Waals surface area contributed by atoms with E-state index >= 15 is 0 Å². The predicted octanol–water partition coefficient (Wildman–Crippen LogP) is 5.12. The van der Waals surface area contributed by atoms with E-state index in [9.17, 15) is 4.79 Å². The topological polar surface area (TPSA) is 51.7 Å². The molecule has 150 valence electrons. The number of allylic oxidation sites excluding steroid dienone is 1. The summed E-state index contributed by atoms with van der Waals surface area (Å²) < 4.78 is 13.0. The third kappa shape index (κ3) is 3.53. The standard InChI is InChI=1S/C24H19BrN2O3/c1-15-23-17(12-27(14-29-23)13-19-7-2-3-8-26-19)11-20-22(28)21(30-24(15)20)10-16-5-4-6-18(25)9-16/h2-11H,12-14H2,1H3/b21-10-. The van der Waals surface area contributed by atoms with Crippen LogP contribution in [0.5, 0.6) is 11.5 Å². The van der Waals surface area contributed by atoms with Gasteiger partial charge in [0.25, 0.3) is 0 Å². The number of halogens is 1. The summed E-state index contributed by atoms with van der Waals surface area (Å²) in [6.45, 7) is 3.80. The molecule has 0 aliphatic carbocycles. The van der Waals surface area contributed by atoms with E-state index < -0.39 is 0 Å². The molecule has 0 atom stereocenters. The summed E-state index contributed by atoms with van der Waals surface area (Å²) >= 11 is 3.46. The molecule has 5 rings (SSSR count). The highest BCUT2D eigenvalue weighted by atomic mass is 79.9. The van der Waals surface area contributed by atoms with Gasteiger partial charge in [0.1, 0.15) is 18.2 Å². The number of nitrogens with zero attached hydrogens (tertiary/aromatic N) is 2. The highest BCUT2D eigenvalue weighted by Crippen LogP contribution is 2.43. The van der Waals surface area contributed by atoms with Crippen molar-refractivity contribution in [1.82, 2.24) is 9.88 Å².